The van der Waals surface area contributed by atoms with Crippen LogP contribution < -0.4 is 15.7 Å². The fraction of sp³-hybridized carbons (Fsp3) is 0.533. The lowest BCUT2D eigenvalue weighted by Crippen LogP contribution is -2.45. The SMILES string of the molecule is COCCOc1ccc(S(=O)(=O)N2CC(NOC)CC2C(=O)NO)cc1. The van der Waals surface area contributed by atoms with E-state index in [1.807, 2.05) is 0 Å². The highest BCUT2D eigenvalue weighted by Crippen LogP contribution is 2.27. The summed E-state index contributed by atoms with van der Waals surface area (Å²) in [5, 5.41) is 8.91. The first-order valence-corrected chi connectivity index (χ1v) is 9.34. The molecule has 1 saturated heterocycles. The average Bonchev–Trinajstić information content (AvgIpc) is 3.07. The van der Waals surface area contributed by atoms with Crippen LogP contribution in [0.15, 0.2) is 29.2 Å². The molecule has 1 aliphatic heterocycles. The summed E-state index contributed by atoms with van der Waals surface area (Å²) in [5.74, 6) is -0.292. The fourth-order valence-electron chi connectivity index (χ4n) is 2.72. The summed E-state index contributed by atoms with van der Waals surface area (Å²) in [6, 6.07) is 4.45. The number of carbonyl (C=O) groups excluding carboxylic acids is 1. The Morgan fingerprint density at radius 1 is 1.27 bits per heavy atom. The summed E-state index contributed by atoms with van der Waals surface area (Å²) in [6.07, 6.45) is 0.164. The summed E-state index contributed by atoms with van der Waals surface area (Å²) >= 11 is 0. The number of nitrogens with zero attached hydrogens (tertiary/aromatic N) is 1. The molecule has 1 heterocycles. The maximum absolute atomic E-state index is 12.9. The molecule has 2 rings (SSSR count). The van der Waals surface area contributed by atoms with E-state index in [9.17, 15) is 13.2 Å². The van der Waals surface area contributed by atoms with E-state index in [1.165, 1.54) is 36.9 Å². The summed E-state index contributed by atoms with van der Waals surface area (Å²) in [6.45, 7) is 0.790. The van der Waals surface area contributed by atoms with Crippen LogP contribution in [0.2, 0.25) is 0 Å². The predicted octanol–water partition coefficient (Wildman–Crippen LogP) is -0.500. The van der Waals surface area contributed by atoms with Crippen molar-refractivity contribution in [2.75, 3.05) is 34.0 Å². The van der Waals surface area contributed by atoms with Gasteiger partial charge >= 0.3 is 0 Å². The van der Waals surface area contributed by atoms with E-state index in [4.69, 9.17) is 19.5 Å². The number of methoxy groups -OCH3 is 1. The van der Waals surface area contributed by atoms with Gasteiger partial charge in [0.2, 0.25) is 10.0 Å². The van der Waals surface area contributed by atoms with E-state index in [-0.39, 0.29) is 23.9 Å². The lowest BCUT2D eigenvalue weighted by atomic mass is 10.2. The van der Waals surface area contributed by atoms with Gasteiger partial charge in [0, 0.05) is 19.7 Å². The molecule has 1 amide bonds. The molecule has 0 aromatic heterocycles. The van der Waals surface area contributed by atoms with Crippen molar-refractivity contribution < 1.29 is 32.7 Å². The Bertz CT molecular complexity index is 696. The number of amides is 1. The number of benzene rings is 1. The molecule has 1 aromatic rings. The van der Waals surface area contributed by atoms with E-state index in [2.05, 4.69) is 5.48 Å². The number of hydrogen-bond donors (Lipinski definition) is 3. The zero-order valence-corrected chi connectivity index (χ0v) is 15.4. The summed E-state index contributed by atoms with van der Waals surface area (Å²) in [7, 11) is -0.992. The summed E-state index contributed by atoms with van der Waals surface area (Å²) < 4.78 is 37.2. The van der Waals surface area contributed by atoms with Crippen LogP contribution in [0.4, 0.5) is 0 Å². The first kappa shape index (κ1) is 20.6. The van der Waals surface area contributed by atoms with E-state index in [0.717, 1.165) is 4.31 Å². The van der Waals surface area contributed by atoms with Crippen LogP contribution in [0.1, 0.15) is 6.42 Å². The molecule has 0 radical (unpaired) electrons. The van der Waals surface area contributed by atoms with Crippen molar-refractivity contribution in [3.05, 3.63) is 24.3 Å². The highest BCUT2D eigenvalue weighted by atomic mass is 32.2. The van der Waals surface area contributed by atoms with Gasteiger partial charge in [-0.25, -0.2) is 13.9 Å². The van der Waals surface area contributed by atoms with E-state index in [1.54, 1.807) is 7.11 Å². The van der Waals surface area contributed by atoms with Gasteiger partial charge in [0.15, 0.2) is 0 Å². The Hall–Kier alpha value is -1.76. The predicted molar refractivity (Wildman–Crippen MR) is 90.0 cm³/mol. The van der Waals surface area contributed by atoms with Crippen LogP contribution in [0.25, 0.3) is 0 Å². The molecule has 0 bridgehead atoms. The Labute approximate surface area is 152 Å². The molecule has 1 aromatic carbocycles. The van der Waals surface area contributed by atoms with Crippen LogP contribution in [-0.4, -0.2) is 69.9 Å². The molecule has 146 valence electrons. The van der Waals surface area contributed by atoms with Crippen molar-refractivity contribution in [2.45, 2.75) is 23.4 Å². The molecule has 2 unspecified atom stereocenters. The van der Waals surface area contributed by atoms with Crippen LogP contribution in [0, 0.1) is 0 Å². The minimum Gasteiger partial charge on any atom is -0.491 e. The van der Waals surface area contributed by atoms with Crippen LogP contribution >= 0.6 is 0 Å². The number of hydrogen-bond acceptors (Lipinski definition) is 8. The summed E-state index contributed by atoms with van der Waals surface area (Å²) in [5.41, 5.74) is 4.16. The van der Waals surface area contributed by atoms with Gasteiger partial charge in [0.25, 0.3) is 5.91 Å². The topological polar surface area (TPSA) is 126 Å². The molecular weight excluding hydrogens is 366 g/mol. The Morgan fingerprint density at radius 3 is 2.54 bits per heavy atom. The molecule has 0 saturated carbocycles. The Kier molecular flexibility index (Phi) is 7.32. The van der Waals surface area contributed by atoms with Gasteiger partial charge in [-0.2, -0.15) is 9.79 Å². The molecule has 10 nitrogen and oxygen atoms in total. The van der Waals surface area contributed by atoms with Crippen molar-refractivity contribution in [1.29, 1.82) is 0 Å². The first-order valence-electron chi connectivity index (χ1n) is 7.90. The Balaban J connectivity index is 2.19. The van der Waals surface area contributed by atoms with Crippen molar-refractivity contribution >= 4 is 15.9 Å². The molecule has 2 atom stereocenters. The van der Waals surface area contributed by atoms with Gasteiger partial charge < -0.3 is 14.3 Å². The molecular formula is C15H23N3O7S. The van der Waals surface area contributed by atoms with Crippen molar-refractivity contribution in [3.8, 4) is 5.75 Å². The maximum Gasteiger partial charge on any atom is 0.261 e. The van der Waals surface area contributed by atoms with Crippen molar-refractivity contribution in [2.24, 2.45) is 0 Å². The third-order valence-electron chi connectivity index (χ3n) is 3.94. The highest BCUT2D eigenvalue weighted by Gasteiger charge is 2.44. The van der Waals surface area contributed by atoms with Gasteiger partial charge in [-0.15, -0.1) is 0 Å². The minimum absolute atomic E-state index is 0.0189. The molecule has 1 fully saturated rings. The number of carbonyl (C=O) groups is 1. The van der Waals surface area contributed by atoms with Crippen LogP contribution in [0.3, 0.4) is 0 Å². The third-order valence-corrected chi connectivity index (χ3v) is 5.83. The van der Waals surface area contributed by atoms with Crippen molar-refractivity contribution in [1.82, 2.24) is 15.3 Å². The molecule has 11 heteroatoms. The lowest BCUT2D eigenvalue weighted by Gasteiger charge is -2.22. The van der Waals surface area contributed by atoms with Gasteiger partial charge in [0.05, 0.1) is 18.6 Å². The number of nitrogens with one attached hydrogen (secondary N) is 2. The lowest BCUT2D eigenvalue weighted by molar-refractivity contribution is -0.132. The first-order chi connectivity index (χ1) is 12.4. The second-order valence-electron chi connectivity index (χ2n) is 5.63. The zero-order chi connectivity index (χ0) is 19.2. The zero-order valence-electron chi connectivity index (χ0n) is 14.5. The number of rotatable bonds is 9. The van der Waals surface area contributed by atoms with Gasteiger partial charge in [-0.1, -0.05) is 0 Å². The van der Waals surface area contributed by atoms with Crippen LogP contribution in [-0.2, 0) is 24.4 Å². The Morgan fingerprint density at radius 2 is 1.96 bits per heavy atom. The third kappa shape index (κ3) is 4.69. The normalized spacial score (nSPS) is 20.9. The molecule has 1 aliphatic rings. The largest absolute Gasteiger partial charge is 0.491 e. The fourth-order valence-corrected chi connectivity index (χ4v) is 4.37. The van der Waals surface area contributed by atoms with E-state index in [0.29, 0.717) is 19.0 Å². The molecule has 26 heavy (non-hydrogen) atoms. The van der Waals surface area contributed by atoms with Gasteiger partial charge in [0.1, 0.15) is 18.4 Å². The van der Waals surface area contributed by atoms with E-state index >= 15 is 0 Å². The molecule has 0 aliphatic carbocycles. The monoisotopic (exact) mass is 389 g/mol. The average molecular weight is 389 g/mol. The number of hydroxylamine groups is 2. The second-order valence-corrected chi connectivity index (χ2v) is 7.52. The minimum atomic E-state index is -3.95. The van der Waals surface area contributed by atoms with Crippen LogP contribution in [0.5, 0.6) is 5.75 Å². The van der Waals surface area contributed by atoms with Crippen molar-refractivity contribution in [3.63, 3.8) is 0 Å². The molecule has 0 spiro atoms. The molecule has 3 N–H and O–H groups in total. The maximum atomic E-state index is 12.9. The van der Waals surface area contributed by atoms with Gasteiger partial charge in [-0.05, 0) is 30.7 Å². The standard InChI is InChI=1S/C15H23N3O7S/c1-23-7-8-25-12-3-5-13(6-4-12)26(21,22)18-10-11(17-24-2)9-14(18)15(19)16-20/h3-6,11,14,17,20H,7-10H2,1-2H3,(H,16,19). The quantitative estimate of drug-likeness (QED) is 0.293. The highest BCUT2D eigenvalue weighted by molar-refractivity contribution is 7.89. The van der Waals surface area contributed by atoms with Gasteiger partial charge in [-0.3, -0.25) is 10.0 Å². The smallest absolute Gasteiger partial charge is 0.261 e. The number of ether oxygens (including phenoxy) is 2. The second kappa shape index (κ2) is 9.26. The summed E-state index contributed by atoms with van der Waals surface area (Å²) in [4.78, 5) is 16.7. The number of sulfonamides is 1. The van der Waals surface area contributed by atoms with E-state index < -0.39 is 22.0 Å².